The summed E-state index contributed by atoms with van der Waals surface area (Å²) in [6.07, 6.45) is 4.57. The highest BCUT2D eigenvalue weighted by Crippen LogP contribution is 2.42. The average Bonchev–Trinajstić information content (AvgIpc) is 3.03. The van der Waals surface area contributed by atoms with E-state index in [2.05, 4.69) is 38.1 Å². The highest BCUT2D eigenvalue weighted by molar-refractivity contribution is 5.82. The summed E-state index contributed by atoms with van der Waals surface area (Å²) < 4.78 is 5.44. The zero-order chi connectivity index (χ0) is 18.7. The molecule has 2 aliphatic heterocycles. The number of fused-ring (bicyclic) bond motifs is 1. The van der Waals surface area contributed by atoms with Crippen molar-refractivity contribution in [1.29, 1.82) is 0 Å². The normalized spacial score (nSPS) is 25.7. The molecule has 1 amide bonds. The van der Waals surface area contributed by atoms with Crippen molar-refractivity contribution in [3.05, 3.63) is 41.5 Å². The van der Waals surface area contributed by atoms with E-state index < -0.39 is 11.4 Å². The monoisotopic (exact) mass is 357 g/mol. The molecule has 26 heavy (non-hydrogen) atoms. The van der Waals surface area contributed by atoms with Crippen molar-refractivity contribution in [2.24, 2.45) is 11.3 Å². The van der Waals surface area contributed by atoms with Crippen LogP contribution in [0.5, 0.6) is 0 Å². The molecule has 0 aliphatic carbocycles. The summed E-state index contributed by atoms with van der Waals surface area (Å²) in [6.45, 7) is 5.97. The molecule has 2 aliphatic rings. The Morgan fingerprint density at radius 3 is 2.69 bits per heavy atom. The van der Waals surface area contributed by atoms with Crippen LogP contribution in [0, 0.1) is 11.3 Å². The Hall–Kier alpha value is -2.14. The lowest BCUT2D eigenvalue weighted by atomic mass is 9.74. The van der Waals surface area contributed by atoms with Gasteiger partial charge in [-0.2, -0.15) is 0 Å². The lowest BCUT2D eigenvalue weighted by Gasteiger charge is -2.33. The fourth-order valence-electron chi connectivity index (χ4n) is 3.91. The van der Waals surface area contributed by atoms with Gasteiger partial charge in [-0.25, -0.2) is 0 Å². The van der Waals surface area contributed by atoms with Crippen LogP contribution in [-0.4, -0.2) is 48.2 Å². The Labute approximate surface area is 154 Å². The molecule has 0 aromatic heterocycles. The quantitative estimate of drug-likeness (QED) is 0.879. The van der Waals surface area contributed by atoms with Gasteiger partial charge in [0.25, 0.3) is 0 Å². The highest BCUT2D eigenvalue weighted by Gasteiger charge is 2.54. The molecule has 2 heterocycles. The Balaban J connectivity index is 1.59. The molecule has 2 saturated heterocycles. The van der Waals surface area contributed by atoms with Gasteiger partial charge in [-0.05, 0) is 23.5 Å². The van der Waals surface area contributed by atoms with E-state index in [1.807, 2.05) is 12.2 Å². The number of carboxylic acid groups (broad SMARTS) is 1. The number of ether oxygens (including phenoxy) is 1. The maximum Gasteiger partial charge on any atom is 0.311 e. The molecule has 0 saturated carbocycles. The number of rotatable bonds is 5. The molecule has 0 bridgehead atoms. The van der Waals surface area contributed by atoms with E-state index in [9.17, 15) is 14.7 Å². The Morgan fingerprint density at radius 1 is 1.35 bits per heavy atom. The second-order valence-electron chi connectivity index (χ2n) is 7.69. The smallest absolute Gasteiger partial charge is 0.311 e. The van der Waals surface area contributed by atoms with Crippen LogP contribution >= 0.6 is 0 Å². The van der Waals surface area contributed by atoms with Crippen LogP contribution in [0.4, 0.5) is 0 Å². The van der Waals surface area contributed by atoms with Crippen molar-refractivity contribution >= 4 is 18.0 Å². The molecule has 0 radical (unpaired) electrons. The van der Waals surface area contributed by atoms with E-state index in [-0.39, 0.29) is 18.2 Å². The van der Waals surface area contributed by atoms with Gasteiger partial charge >= 0.3 is 5.97 Å². The first-order valence-electron chi connectivity index (χ1n) is 9.28. The summed E-state index contributed by atoms with van der Waals surface area (Å²) in [4.78, 5) is 26.0. The van der Waals surface area contributed by atoms with Crippen molar-refractivity contribution in [1.82, 2.24) is 4.90 Å². The Morgan fingerprint density at radius 2 is 2.08 bits per heavy atom. The molecule has 3 rings (SSSR count). The van der Waals surface area contributed by atoms with Gasteiger partial charge in [0.2, 0.25) is 5.91 Å². The SMILES string of the molecule is CC(C)c1ccc(/C=C/CC(=O)N2C[C@H]3COCC[C@@]3(C(=O)O)C2)cc1. The molecule has 2 fully saturated rings. The maximum absolute atomic E-state index is 12.5. The summed E-state index contributed by atoms with van der Waals surface area (Å²) in [5, 5.41) is 9.68. The van der Waals surface area contributed by atoms with Crippen LogP contribution in [0.15, 0.2) is 30.3 Å². The average molecular weight is 357 g/mol. The van der Waals surface area contributed by atoms with Gasteiger partial charge in [0.05, 0.1) is 12.0 Å². The van der Waals surface area contributed by atoms with Gasteiger partial charge < -0.3 is 14.7 Å². The molecule has 5 nitrogen and oxygen atoms in total. The van der Waals surface area contributed by atoms with Crippen molar-refractivity contribution in [3.63, 3.8) is 0 Å². The second kappa shape index (κ2) is 7.62. The fraction of sp³-hybridized carbons (Fsp3) is 0.524. The summed E-state index contributed by atoms with van der Waals surface area (Å²) in [5.41, 5.74) is 1.52. The molecule has 1 N–H and O–H groups in total. The first-order valence-corrected chi connectivity index (χ1v) is 9.28. The van der Waals surface area contributed by atoms with Crippen molar-refractivity contribution < 1.29 is 19.4 Å². The maximum atomic E-state index is 12.5. The van der Waals surface area contributed by atoms with Crippen molar-refractivity contribution in [2.45, 2.75) is 32.6 Å². The molecule has 1 aromatic rings. The largest absolute Gasteiger partial charge is 0.481 e. The summed E-state index contributed by atoms with van der Waals surface area (Å²) in [6, 6.07) is 8.32. The van der Waals surface area contributed by atoms with Gasteiger partial charge in [0, 0.05) is 32.0 Å². The third-order valence-corrected chi connectivity index (χ3v) is 5.69. The molecule has 140 valence electrons. The van der Waals surface area contributed by atoms with Crippen LogP contribution in [0.3, 0.4) is 0 Å². The number of hydrogen-bond acceptors (Lipinski definition) is 3. The first kappa shape index (κ1) is 18.6. The Kier molecular flexibility index (Phi) is 5.47. The minimum atomic E-state index is -0.829. The number of carbonyl (C=O) groups is 2. The van der Waals surface area contributed by atoms with Crippen LogP contribution in [0.25, 0.3) is 6.08 Å². The number of hydrogen-bond donors (Lipinski definition) is 1. The number of nitrogens with zero attached hydrogens (tertiary/aromatic N) is 1. The van der Waals surface area contributed by atoms with Crippen LogP contribution < -0.4 is 0 Å². The Bertz CT molecular complexity index is 694. The van der Waals surface area contributed by atoms with Gasteiger partial charge in [-0.3, -0.25) is 9.59 Å². The number of carboxylic acids is 1. The van der Waals surface area contributed by atoms with E-state index in [0.717, 1.165) is 5.56 Å². The van der Waals surface area contributed by atoms with E-state index in [1.165, 1.54) is 5.56 Å². The molecule has 0 spiro atoms. The summed E-state index contributed by atoms with van der Waals surface area (Å²) in [5.74, 6) is -0.430. The van der Waals surface area contributed by atoms with Gasteiger partial charge in [-0.15, -0.1) is 0 Å². The summed E-state index contributed by atoms with van der Waals surface area (Å²) >= 11 is 0. The molecule has 1 aromatic carbocycles. The van der Waals surface area contributed by atoms with E-state index in [4.69, 9.17) is 4.74 Å². The molecular weight excluding hydrogens is 330 g/mol. The second-order valence-corrected chi connectivity index (χ2v) is 7.69. The summed E-state index contributed by atoms with van der Waals surface area (Å²) in [7, 11) is 0. The van der Waals surface area contributed by atoms with Gasteiger partial charge in [-0.1, -0.05) is 50.3 Å². The fourth-order valence-corrected chi connectivity index (χ4v) is 3.91. The lowest BCUT2D eigenvalue weighted by Crippen LogP contribution is -2.45. The third-order valence-electron chi connectivity index (χ3n) is 5.69. The predicted octanol–water partition coefficient (Wildman–Crippen LogP) is 3.16. The zero-order valence-corrected chi connectivity index (χ0v) is 15.5. The van der Waals surface area contributed by atoms with Gasteiger partial charge in [0.1, 0.15) is 0 Å². The number of carbonyl (C=O) groups excluding carboxylic acids is 1. The van der Waals surface area contributed by atoms with Crippen LogP contribution in [0.2, 0.25) is 0 Å². The van der Waals surface area contributed by atoms with Crippen LogP contribution in [0.1, 0.15) is 43.7 Å². The van der Waals surface area contributed by atoms with Gasteiger partial charge in [0.15, 0.2) is 0 Å². The molecule has 0 unspecified atom stereocenters. The zero-order valence-electron chi connectivity index (χ0n) is 15.5. The van der Waals surface area contributed by atoms with E-state index in [1.54, 1.807) is 4.90 Å². The van der Waals surface area contributed by atoms with Crippen molar-refractivity contribution in [3.8, 4) is 0 Å². The first-order chi connectivity index (χ1) is 12.4. The molecule has 5 heteroatoms. The number of amides is 1. The number of aliphatic carboxylic acids is 1. The van der Waals surface area contributed by atoms with Crippen molar-refractivity contribution in [2.75, 3.05) is 26.3 Å². The minimum Gasteiger partial charge on any atom is -0.481 e. The topological polar surface area (TPSA) is 66.8 Å². The highest BCUT2D eigenvalue weighted by atomic mass is 16.5. The molecular formula is C21H27NO4. The van der Waals surface area contributed by atoms with E-state index >= 15 is 0 Å². The third kappa shape index (κ3) is 3.68. The van der Waals surface area contributed by atoms with E-state index in [0.29, 0.717) is 38.6 Å². The lowest BCUT2D eigenvalue weighted by molar-refractivity contribution is -0.157. The van der Waals surface area contributed by atoms with Crippen LogP contribution in [-0.2, 0) is 14.3 Å². The predicted molar refractivity (Wildman–Crippen MR) is 99.8 cm³/mol. The number of benzene rings is 1. The number of likely N-dealkylation sites (tertiary alicyclic amines) is 1. The standard InChI is InChI=1S/C21H27NO4/c1-15(2)17-8-6-16(7-9-17)4-3-5-19(23)22-12-18-13-26-11-10-21(18,14-22)20(24)25/h3-4,6-9,15,18H,5,10-14H2,1-2H3,(H,24,25)/b4-3+/t18-,21+/m0/s1. The minimum absolute atomic E-state index is 0.0184. The molecule has 2 atom stereocenters.